The van der Waals surface area contributed by atoms with E-state index in [9.17, 15) is 23.1 Å². The summed E-state index contributed by atoms with van der Waals surface area (Å²) in [6, 6.07) is 6.94. The van der Waals surface area contributed by atoms with Crippen molar-refractivity contribution in [1.82, 2.24) is 0 Å². The second-order valence-electron chi connectivity index (χ2n) is 4.53. The highest BCUT2D eigenvalue weighted by atomic mass is 35.5. The third-order valence-corrected chi connectivity index (χ3v) is 4.01. The Labute approximate surface area is 139 Å². The van der Waals surface area contributed by atoms with Gasteiger partial charge >= 0.3 is 6.18 Å². The van der Waals surface area contributed by atoms with Crippen LogP contribution < -0.4 is 5.32 Å². The number of aromatic hydroxyl groups is 1. The molecule has 2 N–H and O–H groups in total. The lowest BCUT2D eigenvalue weighted by molar-refractivity contribution is -0.137. The second-order valence-corrected chi connectivity index (χ2v) is 5.81. The molecule has 0 saturated heterocycles. The number of hydrogen-bond donors (Lipinski definition) is 2. The Morgan fingerprint density at radius 3 is 2.52 bits per heavy atom. The van der Waals surface area contributed by atoms with Gasteiger partial charge < -0.3 is 10.4 Å². The molecule has 0 unspecified atom stereocenters. The number of anilines is 1. The number of benzene rings is 2. The maximum absolute atomic E-state index is 12.8. The topological polar surface area (TPSA) is 49.3 Å². The summed E-state index contributed by atoms with van der Waals surface area (Å²) < 4.78 is 38.4. The fourth-order valence-corrected chi connectivity index (χ4v) is 2.57. The smallest absolute Gasteiger partial charge is 0.416 e. The van der Waals surface area contributed by atoms with Gasteiger partial charge in [0, 0.05) is 9.92 Å². The zero-order valence-corrected chi connectivity index (χ0v) is 13.3. The summed E-state index contributed by atoms with van der Waals surface area (Å²) in [5.74, 6) is -1.07. The minimum absolute atomic E-state index is 0.0108. The number of nitrogens with one attached hydrogen (secondary N) is 1. The molecule has 0 aliphatic heterocycles. The Morgan fingerprint density at radius 2 is 1.91 bits per heavy atom. The lowest BCUT2D eigenvalue weighted by atomic mass is 10.1. The van der Waals surface area contributed by atoms with Crippen LogP contribution in [0.5, 0.6) is 5.75 Å². The van der Waals surface area contributed by atoms with Crippen LogP contribution >= 0.6 is 23.4 Å². The molecule has 0 fully saturated rings. The highest BCUT2D eigenvalue weighted by Crippen LogP contribution is 2.35. The summed E-state index contributed by atoms with van der Waals surface area (Å²) in [4.78, 5) is 12.7. The van der Waals surface area contributed by atoms with Crippen molar-refractivity contribution < 1.29 is 23.1 Å². The van der Waals surface area contributed by atoms with E-state index in [4.69, 9.17) is 11.6 Å². The standard InChI is InChI=1S/C15H11ClF3NO2S/c1-23-13-5-2-8(15(17,18)19)6-11(13)20-14(22)10-7-9(16)3-4-12(10)21/h2-7,21H,1H3,(H,20,22). The fraction of sp³-hybridized carbons (Fsp3) is 0.133. The van der Waals surface area contributed by atoms with Gasteiger partial charge in [-0.3, -0.25) is 4.79 Å². The van der Waals surface area contributed by atoms with E-state index in [0.717, 1.165) is 12.1 Å². The quantitative estimate of drug-likeness (QED) is 0.753. The molecule has 0 bridgehead atoms. The summed E-state index contributed by atoms with van der Waals surface area (Å²) in [6.07, 6.45) is -2.84. The zero-order valence-electron chi connectivity index (χ0n) is 11.7. The van der Waals surface area contributed by atoms with E-state index in [0.29, 0.717) is 4.90 Å². The van der Waals surface area contributed by atoms with Crippen LogP contribution in [0.1, 0.15) is 15.9 Å². The molecule has 2 aromatic rings. The molecule has 1 amide bonds. The molecular formula is C15H11ClF3NO2S. The van der Waals surface area contributed by atoms with Crippen molar-refractivity contribution in [3.05, 3.63) is 52.5 Å². The summed E-state index contributed by atoms with van der Waals surface area (Å²) >= 11 is 6.95. The first-order chi connectivity index (χ1) is 10.7. The van der Waals surface area contributed by atoms with Crippen molar-refractivity contribution in [3.8, 4) is 5.75 Å². The molecular weight excluding hydrogens is 351 g/mol. The third kappa shape index (κ3) is 4.11. The van der Waals surface area contributed by atoms with E-state index in [1.807, 2.05) is 0 Å². The van der Waals surface area contributed by atoms with Crippen LogP contribution in [-0.2, 0) is 6.18 Å². The van der Waals surface area contributed by atoms with E-state index >= 15 is 0 Å². The van der Waals surface area contributed by atoms with E-state index < -0.39 is 17.6 Å². The number of alkyl halides is 3. The monoisotopic (exact) mass is 361 g/mol. The molecule has 0 radical (unpaired) electrons. The number of halogens is 4. The molecule has 0 aliphatic carbocycles. The first kappa shape index (κ1) is 17.5. The van der Waals surface area contributed by atoms with Crippen LogP contribution in [0.25, 0.3) is 0 Å². The van der Waals surface area contributed by atoms with Crippen LogP contribution in [-0.4, -0.2) is 17.3 Å². The first-order valence-corrected chi connectivity index (χ1v) is 7.87. The first-order valence-electron chi connectivity index (χ1n) is 6.27. The molecule has 0 saturated carbocycles. The number of amides is 1. The average Bonchev–Trinajstić information content (AvgIpc) is 2.48. The third-order valence-electron chi connectivity index (χ3n) is 2.98. The van der Waals surface area contributed by atoms with Crippen LogP contribution in [0.3, 0.4) is 0 Å². The SMILES string of the molecule is CSc1ccc(C(F)(F)F)cc1NC(=O)c1cc(Cl)ccc1O. The summed E-state index contributed by atoms with van der Waals surface area (Å²) in [5, 5.41) is 12.3. The number of carbonyl (C=O) groups excluding carboxylic acids is 1. The minimum Gasteiger partial charge on any atom is -0.507 e. The van der Waals surface area contributed by atoms with Crippen molar-refractivity contribution in [2.24, 2.45) is 0 Å². The molecule has 122 valence electrons. The number of phenolic OH excluding ortho intramolecular Hbond substituents is 1. The number of phenols is 1. The Bertz CT molecular complexity index is 750. The number of hydrogen-bond acceptors (Lipinski definition) is 3. The maximum atomic E-state index is 12.8. The minimum atomic E-state index is -4.52. The van der Waals surface area contributed by atoms with Crippen molar-refractivity contribution in [1.29, 1.82) is 0 Å². The van der Waals surface area contributed by atoms with Crippen LogP contribution in [0.2, 0.25) is 5.02 Å². The van der Waals surface area contributed by atoms with Gasteiger partial charge in [0.1, 0.15) is 5.75 Å². The lowest BCUT2D eigenvalue weighted by Gasteiger charge is -2.14. The van der Waals surface area contributed by atoms with Crippen LogP contribution in [0, 0.1) is 0 Å². The molecule has 2 aromatic carbocycles. The lowest BCUT2D eigenvalue weighted by Crippen LogP contribution is -2.14. The van der Waals surface area contributed by atoms with Crippen LogP contribution in [0.15, 0.2) is 41.3 Å². The van der Waals surface area contributed by atoms with Crippen molar-refractivity contribution in [3.63, 3.8) is 0 Å². The van der Waals surface area contributed by atoms with E-state index in [2.05, 4.69) is 5.32 Å². The molecule has 2 rings (SSSR count). The highest BCUT2D eigenvalue weighted by molar-refractivity contribution is 7.98. The number of carbonyl (C=O) groups is 1. The maximum Gasteiger partial charge on any atom is 0.416 e. The van der Waals surface area contributed by atoms with Gasteiger partial charge in [-0.15, -0.1) is 11.8 Å². The molecule has 8 heteroatoms. The Kier molecular flexibility index (Phi) is 5.11. The normalized spacial score (nSPS) is 11.3. The largest absolute Gasteiger partial charge is 0.507 e. The number of thioether (sulfide) groups is 1. The summed E-state index contributed by atoms with van der Waals surface area (Å²) in [6.45, 7) is 0. The fourth-order valence-electron chi connectivity index (χ4n) is 1.86. The van der Waals surface area contributed by atoms with Crippen molar-refractivity contribution in [2.75, 3.05) is 11.6 Å². The molecule has 0 spiro atoms. The summed E-state index contributed by atoms with van der Waals surface area (Å²) in [5.41, 5.74) is -0.986. The molecule has 0 heterocycles. The van der Waals surface area contributed by atoms with Gasteiger partial charge in [-0.1, -0.05) is 11.6 Å². The van der Waals surface area contributed by atoms with Crippen molar-refractivity contribution >= 4 is 35.0 Å². The van der Waals surface area contributed by atoms with Gasteiger partial charge in [0.25, 0.3) is 5.91 Å². The molecule has 3 nitrogen and oxygen atoms in total. The molecule has 0 aliphatic rings. The van der Waals surface area contributed by atoms with Gasteiger partial charge in [-0.2, -0.15) is 13.2 Å². The Balaban J connectivity index is 2.38. The molecule has 0 aromatic heterocycles. The van der Waals surface area contributed by atoms with E-state index in [1.165, 1.54) is 36.0 Å². The van der Waals surface area contributed by atoms with Crippen molar-refractivity contribution in [2.45, 2.75) is 11.1 Å². The Morgan fingerprint density at radius 1 is 1.22 bits per heavy atom. The highest BCUT2D eigenvalue weighted by Gasteiger charge is 2.31. The van der Waals surface area contributed by atoms with Gasteiger partial charge in [0.2, 0.25) is 0 Å². The average molecular weight is 362 g/mol. The van der Waals surface area contributed by atoms with Gasteiger partial charge in [-0.05, 0) is 42.7 Å². The predicted octanol–water partition coefficient (Wildman–Crippen LogP) is 5.04. The van der Waals surface area contributed by atoms with Gasteiger partial charge in [0.05, 0.1) is 16.8 Å². The summed E-state index contributed by atoms with van der Waals surface area (Å²) in [7, 11) is 0. The molecule has 23 heavy (non-hydrogen) atoms. The Hall–Kier alpha value is -1.86. The predicted molar refractivity (Wildman–Crippen MR) is 84.3 cm³/mol. The van der Waals surface area contributed by atoms with Gasteiger partial charge in [0.15, 0.2) is 0 Å². The van der Waals surface area contributed by atoms with E-state index in [-0.39, 0.29) is 22.0 Å². The van der Waals surface area contributed by atoms with E-state index in [1.54, 1.807) is 6.26 Å². The zero-order chi connectivity index (χ0) is 17.2. The second kappa shape index (κ2) is 6.72. The van der Waals surface area contributed by atoms with Gasteiger partial charge in [-0.25, -0.2) is 0 Å². The number of rotatable bonds is 3. The van der Waals surface area contributed by atoms with Crippen LogP contribution in [0.4, 0.5) is 18.9 Å². The molecule has 0 atom stereocenters.